The van der Waals surface area contributed by atoms with Crippen molar-refractivity contribution in [2.24, 2.45) is 22.1 Å². The summed E-state index contributed by atoms with van der Waals surface area (Å²) in [5.41, 5.74) is 4.12. The number of urea groups is 1. The number of anilines is 1. The SMILES string of the molecule is CO[C@H]1/C=C/C[C@H](C)CS(=O)(NC(=O)NC2CC(C)(O)C2)=NC(=O)c2ccc3c(c2)N(C[C@@H]2CC[C@H]21)C[C@@]1(CCCc2cc(C)ccc21)CO3. The molecular formula is C39H52N4O6S. The van der Waals surface area contributed by atoms with Gasteiger partial charge >= 0.3 is 6.03 Å². The van der Waals surface area contributed by atoms with E-state index >= 15 is 0 Å². The molecule has 2 aliphatic heterocycles. The van der Waals surface area contributed by atoms with Crippen LogP contribution in [0.15, 0.2) is 52.9 Å². The summed E-state index contributed by atoms with van der Waals surface area (Å²) >= 11 is 0. The van der Waals surface area contributed by atoms with Crippen LogP contribution in [0.5, 0.6) is 5.75 Å². The Bertz CT molecular complexity index is 1790. The van der Waals surface area contributed by atoms with Crippen molar-refractivity contribution in [3.05, 3.63) is 70.8 Å². The van der Waals surface area contributed by atoms with Crippen molar-refractivity contribution < 1.29 is 28.4 Å². The lowest BCUT2D eigenvalue weighted by Gasteiger charge is -2.46. The van der Waals surface area contributed by atoms with Gasteiger partial charge in [-0.05, 0) is 112 Å². The van der Waals surface area contributed by atoms with Gasteiger partial charge in [0, 0.05) is 37.2 Å². The van der Waals surface area contributed by atoms with Gasteiger partial charge in [-0.15, -0.1) is 4.36 Å². The molecule has 0 aromatic heterocycles. The van der Waals surface area contributed by atoms with Crippen LogP contribution in [0.4, 0.5) is 10.5 Å². The second kappa shape index (κ2) is 13.6. The van der Waals surface area contributed by atoms with Crippen LogP contribution in [-0.4, -0.2) is 71.6 Å². The molecule has 3 aliphatic carbocycles. The highest BCUT2D eigenvalue weighted by Gasteiger charge is 2.44. The van der Waals surface area contributed by atoms with E-state index in [1.165, 1.54) is 16.7 Å². The summed E-state index contributed by atoms with van der Waals surface area (Å²) in [6, 6.07) is 11.3. The van der Waals surface area contributed by atoms with Crippen LogP contribution in [0, 0.1) is 24.7 Å². The van der Waals surface area contributed by atoms with E-state index in [1.807, 2.05) is 19.1 Å². The molecule has 11 heteroatoms. The molecule has 6 atom stereocenters. The molecule has 270 valence electrons. The lowest BCUT2D eigenvalue weighted by molar-refractivity contribution is -0.0353. The maximum absolute atomic E-state index is 14.4. The van der Waals surface area contributed by atoms with Gasteiger partial charge in [0.05, 0.1) is 29.8 Å². The average molecular weight is 705 g/mol. The van der Waals surface area contributed by atoms with Gasteiger partial charge in [0.1, 0.15) is 15.7 Å². The summed E-state index contributed by atoms with van der Waals surface area (Å²) in [5, 5.41) is 12.9. The first kappa shape index (κ1) is 35.0. The Balaban J connectivity index is 1.26. The highest BCUT2D eigenvalue weighted by atomic mass is 32.2. The Morgan fingerprint density at radius 1 is 1.18 bits per heavy atom. The second-order valence-electron chi connectivity index (χ2n) is 16.0. The van der Waals surface area contributed by atoms with Gasteiger partial charge < -0.3 is 24.8 Å². The molecule has 1 spiro atoms. The lowest BCUT2D eigenvalue weighted by Crippen LogP contribution is -2.56. The number of benzene rings is 2. The van der Waals surface area contributed by atoms with Crippen LogP contribution in [0.1, 0.15) is 85.8 Å². The van der Waals surface area contributed by atoms with Gasteiger partial charge in [0.15, 0.2) is 0 Å². The number of ether oxygens (including phenoxy) is 2. The Morgan fingerprint density at radius 3 is 2.74 bits per heavy atom. The Morgan fingerprint density at radius 2 is 2.00 bits per heavy atom. The third-order valence-corrected chi connectivity index (χ3v) is 13.7. The minimum absolute atomic E-state index is 0.00413. The van der Waals surface area contributed by atoms with E-state index in [2.05, 4.69) is 56.6 Å². The number of rotatable bonds is 3. The van der Waals surface area contributed by atoms with E-state index in [0.29, 0.717) is 43.3 Å². The van der Waals surface area contributed by atoms with Crippen molar-refractivity contribution in [1.82, 2.24) is 10.0 Å². The molecule has 2 aromatic rings. The zero-order valence-corrected chi connectivity index (χ0v) is 30.6. The number of methoxy groups -OCH3 is 1. The van der Waals surface area contributed by atoms with Crippen LogP contribution >= 0.6 is 0 Å². The van der Waals surface area contributed by atoms with Crippen LogP contribution in [-0.2, 0) is 26.5 Å². The molecule has 3 N–H and O–H groups in total. The highest BCUT2D eigenvalue weighted by molar-refractivity contribution is 7.92. The highest BCUT2D eigenvalue weighted by Crippen LogP contribution is 2.47. The summed E-state index contributed by atoms with van der Waals surface area (Å²) < 4.78 is 33.9. The van der Waals surface area contributed by atoms with Crippen LogP contribution < -0.4 is 19.7 Å². The molecule has 2 saturated carbocycles. The molecule has 2 aromatic carbocycles. The van der Waals surface area contributed by atoms with Crippen molar-refractivity contribution >= 4 is 27.5 Å². The fraction of sp³-hybridized carbons (Fsp3) is 0.590. The molecule has 0 radical (unpaired) electrons. The van der Waals surface area contributed by atoms with Crippen molar-refractivity contribution in [3.8, 4) is 5.75 Å². The van der Waals surface area contributed by atoms with Crippen molar-refractivity contribution in [1.29, 1.82) is 0 Å². The fourth-order valence-electron chi connectivity index (χ4n) is 8.99. The maximum atomic E-state index is 14.4. The monoisotopic (exact) mass is 704 g/mol. The predicted octanol–water partition coefficient (Wildman–Crippen LogP) is 5.84. The number of carbonyl (C=O) groups is 2. The number of carbonyl (C=O) groups excluding carboxylic acids is 2. The number of amides is 3. The van der Waals surface area contributed by atoms with Gasteiger partial charge in [-0.1, -0.05) is 42.8 Å². The van der Waals surface area contributed by atoms with Gasteiger partial charge in [-0.25, -0.2) is 9.00 Å². The van der Waals surface area contributed by atoms with Crippen LogP contribution in [0.3, 0.4) is 0 Å². The summed E-state index contributed by atoms with van der Waals surface area (Å²) in [6.07, 6.45) is 10.9. The normalized spacial score (nSPS) is 35.9. The van der Waals surface area contributed by atoms with Crippen molar-refractivity contribution in [3.63, 3.8) is 0 Å². The quantitative estimate of drug-likeness (QED) is 0.343. The molecule has 0 saturated heterocycles. The number of aliphatic hydroxyl groups is 1. The Kier molecular flexibility index (Phi) is 9.54. The minimum atomic E-state index is -3.51. The second-order valence-corrected chi connectivity index (χ2v) is 18.0. The smallest absolute Gasteiger partial charge is 0.327 e. The Hall–Kier alpha value is -3.41. The third-order valence-electron chi connectivity index (χ3n) is 11.7. The number of nitrogens with one attached hydrogen (secondary N) is 2. The molecule has 1 unspecified atom stereocenters. The number of nitrogens with zero attached hydrogens (tertiary/aromatic N) is 2. The molecule has 10 nitrogen and oxygen atoms in total. The van der Waals surface area contributed by atoms with Gasteiger partial charge in [-0.2, -0.15) is 0 Å². The fourth-order valence-corrected chi connectivity index (χ4v) is 10.8. The van der Waals surface area contributed by atoms with Gasteiger partial charge in [-0.3, -0.25) is 9.52 Å². The number of allylic oxidation sites excluding steroid dienone is 1. The summed E-state index contributed by atoms with van der Waals surface area (Å²) in [4.78, 5) is 29.4. The molecular weight excluding hydrogens is 653 g/mol. The first-order valence-electron chi connectivity index (χ1n) is 18.3. The number of hydrogen-bond donors (Lipinski definition) is 3. The van der Waals surface area contributed by atoms with Crippen LogP contribution in [0.25, 0.3) is 0 Å². The molecule has 2 heterocycles. The molecule has 3 amide bonds. The number of hydrogen-bond acceptors (Lipinski definition) is 7. The average Bonchev–Trinajstić information content (AvgIpc) is 3.17. The summed E-state index contributed by atoms with van der Waals surface area (Å²) in [7, 11) is -1.74. The largest absolute Gasteiger partial charge is 0.490 e. The summed E-state index contributed by atoms with van der Waals surface area (Å²) in [5.74, 6) is 0.704. The minimum Gasteiger partial charge on any atom is -0.490 e. The molecule has 7 rings (SSSR count). The molecule has 5 aliphatic rings. The maximum Gasteiger partial charge on any atom is 0.327 e. The van der Waals surface area contributed by atoms with E-state index < -0.39 is 27.5 Å². The van der Waals surface area contributed by atoms with E-state index in [9.17, 15) is 18.9 Å². The lowest BCUT2D eigenvalue weighted by atomic mass is 9.68. The van der Waals surface area contributed by atoms with E-state index in [1.54, 1.807) is 20.1 Å². The Labute approximate surface area is 296 Å². The van der Waals surface area contributed by atoms with Gasteiger partial charge in [0.2, 0.25) is 0 Å². The number of fused-ring (bicyclic) bond motifs is 4. The summed E-state index contributed by atoms with van der Waals surface area (Å²) in [6.45, 7) is 7.91. The van der Waals surface area contributed by atoms with E-state index in [0.717, 1.165) is 56.6 Å². The van der Waals surface area contributed by atoms with E-state index in [-0.39, 0.29) is 29.2 Å². The number of aryl methyl sites for hydroxylation is 2. The first-order valence-corrected chi connectivity index (χ1v) is 19.9. The molecule has 2 bridgehead atoms. The molecule has 2 fully saturated rings. The predicted molar refractivity (Wildman–Crippen MR) is 195 cm³/mol. The first-order chi connectivity index (χ1) is 23.8. The van der Waals surface area contributed by atoms with Gasteiger partial charge in [0.25, 0.3) is 5.91 Å². The van der Waals surface area contributed by atoms with E-state index in [4.69, 9.17) is 9.47 Å². The van der Waals surface area contributed by atoms with Crippen molar-refractivity contribution in [2.45, 2.75) is 95.3 Å². The zero-order valence-electron chi connectivity index (χ0n) is 29.8. The molecule has 50 heavy (non-hydrogen) atoms. The van der Waals surface area contributed by atoms with Crippen LogP contribution in [0.2, 0.25) is 0 Å². The standard InChI is InChI=1S/C39H52N4O6S/c1-25-10-14-32-27(17-25)8-6-16-39(32)23-43-21-29-11-13-31(29)34(48-4)9-5-7-26(2)22-50(47,42-37(45)40-30-19-38(3,46)20-30)41-36(44)28-12-15-35(49-24-39)33(43)18-28/h5,9-10,12,14-15,17-18,26,29-31,34,46H,6-8,11,13,16,19-24H2,1-4H3,(H2,40,41,42,44,45,47)/b9-5+/t26-,29-,30?,31+,34-,38?,39-,50?/m0/s1. The third kappa shape index (κ3) is 7.19. The zero-order chi connectivity index (χ0) is 35.3. The topological polar surface area (TPSA) is 130 Å². The van der Waals surface area contributed by atoms with Crippen molar-refractivity contribution in [2.75, 3.05) is 37.5 Å².